The summed E-state index contributed by atoms with van der Waals surface area (Å²) in [5, 5.41) is 1.40. The molecular weight excluding hydrogens is 140 g/mol. The first-order chi connectivity index (χ1) is 4.61. The summed E-state index contributed by atoms with van der Waals surface area (Å²) in [6.07, 6.45) is 0. The van der Waals surface area contributed by atoms with Crippen molar-refractivity contribution in [2.24, 2.45) is 5.50 Å². The van der Waals surface area contributed by atoms with Crippen molar-refractivity contribution >= 4 is 20.2 Å². The third kappa shape index (κ3) is 1.83. The zero-order valence-electron chi connectivity index (χ0n) is 5.41. The van der Waals surface area contributed by atoms with Crippen LogP contribution in [0.3, 0.4) is 0 Å². The third-order valence-corrected chi connectivity index (χ3v) is 2.28. The topological polar surface area (TPSA) is 26.0 Å². The van der Waals surface area contributed by atoms with E-state index in [-0.39, 0.29) is 0 Å². The lowest BCUT2D eigenvalue weighted by Gasteiger charge is -2.16. The van der Waals surface area contributed by atoms with E-state index in [1.807, 2.05) is 6.07 Å². The van der Waals surface area contributed by atoms with Crippen molar-refractivity contribution in [1.82, 2.24) is 0 Å². The molecule has 0 aliphatic heterocycles. The molecule has 10 heavy (non-hydrogen) atoms. The highest BCUT2D eigenvalue weighted by atomic mass is 31.2. The molecule has 0 saturated heterocycles. The Morgan fingerprint density at radius 3 is 2.10 bits per heavy atom. The van der Waals surface area contributed by atoms with Crippen LogP contribution in [0.15, 0.2) is 30.3 Å². The number of hydrogen-bond acceptors (Lipinski definition) is 1. The second-order valence-electron chi connectivity index (χ2n) is 1.95. The fourth-order valence-corrected chi connectivity index (χ4v) is 1.31. The minimum absolute atomic E-state index is 0.297. The van der Waals surface area contributed by atoms with Gasteiger partial charge in [-0.2, -0.15) is 0 Å². The van der Waals surface area contributed by atoms with Crippen LogP contribution in [0.4, 0.5) is 0 Å². The summed E-state index contributed by atoms with van der Waals surface area (Å²) in [7, 11) is -0.721. The lowest BCUT2D eigenvalue weighted by Crippen LogP contribution is -2.16. The predicted molar refractivity (Wildman–Crippen MR) is 53.0 cm³/mol. The Morgan fingerprint density at radius 1 is 1.30 bits per heavy atom. The lowest BCUT2D eigenvalue weighted by molar-refractivity contribution is 1.75. The van der Waals surface area contributed by atoms with Crippen molar-refractivity contribution < 1.29 is 0 Å². The standard InChI is InChI=1S/C7H13BNP/c1-10(8,9)7-5-3-2-4-6-7/h2-6H,9H2,1,8H3/t10-/m1/s1. The van der Waals surface area contributed by atoms with Crippen molar-refractivity contribution in [3.63, 3.8) is 0 Å². The molecule has 0 saturated carbocycles. The highest BCUT2D eigenvalue weighted by molar-refractivity contribution is 8.00. The van der Waals surface area contributed by atoms with Gasteiger partial charge in [-0.3, -0.25) is 0 Å². The Hall–Kier alpha value is -0.325. The van der Waals surface area contributed by atoms with Gasteiger partial charge in [-0.1, -0.05) is 25.5 Å². The average molecular weight is 153 g/mol. The summed E-state index contributed by atoms with van der Waals surface area (Å²) >= 11 is 0. The molecule has 3 heteroatoms. The Balaban J connectivity index is 2.97. The molecule has 0 bridgehead atoms. The van der Waals surface area contributed by atoms with E-state index in [9.17, 15) is 0 Å². The van der Waals surface area contributed by atoms with Gasteiger partial charge in [0.05, 0.1) is 5.30 Å². The molecule has 2 N–H and O–H groups in total. The Labute approximate surface area is 63.4 Å². The van der Waals surface area contributed by atoms with Crippen LogP contribution in [0, 0.1) is 0 Å². The van der Waals surface area contributed by atoms with Crippen molar-refractivity contribution in [2.75, 3.05) is 6.66 Å². The predicted octanol–water partition coefficient (Wildman–Crippen LogP) is 0.113. The molecular formula is C7H13BNP. The molecule has 1 nitrogen and oxygen atoms in total. The average Bonchev–Trinajstić information content (AvgIpc) is 1.88. The second kappa shape index (κ2) is 2.73. The fourth-order valence-electron chi connectivity index (χ4n) is 0.663. The molecule has 0 unspecified atom stereocenters. The van der Waals surface area contributed by atoms with Gasteiger partial charge in [-0.05, 0) is 12.1 Å². The van der Waals surface area contributed by atoms with E-state index in [0.29, 0.717) is 7.57 Å². The minimum Gasteiger partial charge on any atom is -0.244 e. The normalized spacial score (nSPS) is 16.3. The highest BCUT2D eigenvalue weighted by Gasteiger charge is 2.13. The van der Waals surface area contributed by atoms with Crippen molar-refractivity contribution in [3.8, 4) is 0 Å². The first kappa shape index (κ1) is 7.78. The van der Waals surface area contributed by atoms with Gasteiger partial charge in [-0.25, -0.2) is 5.50 Å². The summed E-state index contributed by atoms with van der Waals surface area (Å²) in [6, 6.07) is 10.5. The molecule has 1 rings (SSSR count). The maximum atomic E-state index is 6.08. The Kier molecular flexibility index (Phi) is 2.13. The van der Waals surface area contributed by atoms with E-state index >= 15 is 0 Å². The summed E-state index contributed by atoms with van der Waals surface area (Å²) in [6.45, 7) is 2.22. The first-order valence-electron chi connectivity index (χ1n) is 2.84. The van der Waals surface area contributed by atoms with Gasteiger partial charge < -0.3 is 0 Å². The molecule has 0 spiro atoms. The lowest BCUT2D eigenvalue weighted by atomic mass is 10.4. The van der Waals surface area contributed by atoms with E-state index in [1.54, 1.807) is 0 Å². The molecule has 0 heterocycles. The zero-order valence-corrected chi connectivity index (χ0v) is 6.31. The largest absolute Gasteiger partial charge is 0.244 e. The van der Waals surface area contributed by atoms with E-state index in [2.05, 4.69) is 30.9 Å². The van der Waals surface area contributed by atoms with Crippen LogP contribution in [-0.4, -0.2) is 14.2 Å². The summed E-state index contributed by atoms with van der Waals surface area (Å²) in [5.41, 5.74) is 6.08. The summed E-state index contributed by atoms with van der Waals surface area (Å²) in [5.74, 6) is 0. The van der Waals surface area contributed by atoms with Crippen LogP contribution in [-0.2, 0) is 0 Å². The maximum absolute atomic E-state index is 6.08. The first-order valence-corrected chi connectivity index (χ1v) is 4.70. The smallest absolute Gasteiger partial charge is 0.150 e. The molecule has 0 aromatic heterocycles. The molecule has 54 valence electrons. The van der Waals surface area contributed by atoms with Gasteiger partial charge in [0.25, 0.3) is 0 Å². The van der Waals surface area contributed by atoms with E-state index in [4.69, 9.17) is 5.50 Å². The van der Waals surface area contributed by atoms with Crippen LogP contribution in [0.5, 0.6) is 0 Å². The molecule has 0 radical (unpaired) electrons. The van der Waals surface area contributed by atoms with E-state index in [0.717, 1.165) is 0 Å². The minimum atomic E-state index is -1.02. The molecule has 1 aromatic carbocycles. The number of rotatable bonds is 1. The van der Waals surface area contributed by atoms with E-state index < -0.39 is 7.29 Å². The number of nitrogens with two attached hydrogens (primary N) is 1. The Bertz CT molecular complexity index is 205. The van der Waals surface area contributed by atoms with Gasteiger partial charge in [-0.15, -0.1) is 0 Å². The molecule has 0 aliphatic carbocycles. The van der Waals surface area contributed by atoms with Crippen LogP contribution < -0.4 is 10.8 Å². The van der Waals surface area contributed by atoms with Crippen molar-refractivity contribution in [2.45, 2.75) is 0 Å². The van der Waals surface area contributed by atoms with Crippen LogP contribution in [0.2, 0.25) is 0 Å². The van der Waals surface area contributed by atoms with Crippen molar-refractivity contribution in [3.05, 3.63) is 30.3 Å². The third-order valence-electron chi connectivity index (χ3n) is 1.16. The maximum Gasteiger partial charge on any atom is 0.150 e. The molecule has 0 amide bonds. The van der Waals surface area contributed by atoms with Crippen molar-refractivity contribution in [1.29, 1.82) is 0 Å². The fraction of sp³-hybridized carbons (Fsp3) is 0.143. The molecule has 0 aliphatic rings. The summed E-state index contributed by atoms with van der Waals surface area (Å²) < 4.78 is 0. The molecule has 1 aromatic rings. The van der Waals surface area contributed by atoms with Crippen LogP contribution in [0.1, 0.15) is 0 Å². The van der Waals surface area contributed by atoms with E-state index in [1.165, 1.54) is 5.30 Å². The quantitative estimate of drug-likeness (QED) is 0.449. The van der Waals surface area contributed by atoms with Crippen LogP contribution >= 0.6 is 7.29 Å². The SMILES string of the molecule is [BH3-][P@+](C)(N)c1ccccc1. The Morgan fingerprint density at radius 2 is 1.80 bits per heavy atom. The van der Waals surface area contributed by atoms with Gasteiger partial charge in [0.2, 0.25) is 0 Å². The number of benzene rings is 1. The zero-order chi connectivity index (χ0) is 7.61. The van der Waals surface area contributed by atoms with Gasteiger partial charge in [0.15, 0.2) is 0 Å². The monoisotopic (exact) mass is 153 g/mol. The van der Waals surface area contributed by atoms with Crippen LogP contribution in [0.25, 0.3) is 0 Å². The van der Waals surface area contributed by atoms with Gasteiger partial charge in [0, 0.05) is 6.66 Å². The molecule has 0 fully saturated rings. The summed E-state index contributed by atoms with van der Waals surface area (Å²) in [4.78, 5) is 0. The highest BCUT2D eigenvalue weighted by Crippen LogP contribution is 2.37. The molecule has 1 atom stereocenters. The second-order valence-corrected chi connectivity index (χ2v) is 3.68. The van der Waals surface area contributed by atoms with Gasteiger partial charge in [0.1, 0.15) is 7.57 Å². The number of hydrogen-bond donors (Lipinski definition) is 1. The van der Waals surface area contributed by atoms with Gasteiger partial charge >= 0.3 is 0 Å².